The van der Waals surface area contributed by atoms with Crippen LogP contribution in [0.15, 0.2) is 42.5 Å². The van der Waals surface area contributed by atoms with Crippen LogP contribution in [-0.4, -0.2) is 44.1 Å². The lowest BCUT2D eigenvalue weighted by molar-refractivity contribution is -0.119. The SMILES string of the molecule is COc1cc(C(=O)OCC(=O)Nc2ccccc2C(=O)NC2CCCC2)ccc1OCCC(C)C. The first kappa shape index (κ1) is 26.1. The standard InChI is InChI=1S/C27H34N2O6/c1-18(2)14-15-34-23-13-12-19(16-24(23)33-3)27(32)35-17-25(30)29-22-11-7-6-10-21(22)26(31)28-20-8-4-5-9-20/h6-7,10-13,16,18,20H,4-5,8-9,14-15,17H2,1-3H3,(H,28,31)(H,29,30). The van der Waals surface area contributed by atoms with Gasteiger partial charge in [0.15, 0.2) is 18.1 Å². The molecule has 8 nitrogen and oxygen atoms in total. The van der Waals surface area contributed by atoms with Crippen LogP contribution in [0, 0.1) is 5.92 Å². The summed E-state index contributed by atoms with van der Waals surface area (Å²) in [4.78, 5) is 37.6. The number of para-hydroxylation sites is 1. The van der Waals surface area contributed by atoms with Gasteiger partial charge in [-0.1, -0.05) is 38.8 Å². The maximum atomic E-state index is 12.7. The van der Waals surface area contributed by atoms with E-state index in [1.165, 1.54) is 13.2 Å². The van der Waals surface area contributed by atoms with Crippen LogP contribution < -0.4 is 20.1 Å². The Morgan fingerprint density at radius 2 is 1.77 bits per heavy atom. The van der Waals surface area contributed by atoms with E-state index in [0.29, 0.717) is 35.3 Å². The molecule has 8 heteroatoms. The van der Waals surface area contributed by atoms with Crippen molar-refractivity contribution in [3.8, 4) is 11.5 Å². The minimum Gasteiger partial charge on any atom is -0.493 e. The zero-order valence-corrected chi connectivity index (χ0v) is 20.6. The highest BCUT2D eigenvalue weighted by molar-refractivity contribution is 6.04. The van der Waals surface area contributed by atoms with Gasteiger partial charge in [0.1, 0.15) is 0 Å². The van der Waals surface area contributed by atoms with E-state index in [-0.39, 0.29) is 17.5 Å². The lowest BCUT2D eigenvalue weighted by Gasteiger charge is -2.15. The Labute approximate surface area is 206 Å². The molecule has 0 heterocycles. The minimum atomic E-state index is -0.667. The van der Waals surface area contributed by atoms with Gasteiger partial charge in [0.25, 0.3) is 11.8 Å². The fourth-order valence-electron chi connectivity index (χ4n) is 3.84. The predicted octanol–water partition coefficient (Wildman–Crippen LogP) is 4.59. The molecule has 0 unspecified atom stereocenters. The molecule has 3 rings (SSSR count). The minimum absolute atomic E-state index is 0.163. The van der Waals surface area contributed by atoms with Crippen molar-refractivity contribution in [3.05, 3.63) is 53.6 Å². The number of nitrogens with one attached hydrogen (secondary N) is 2. The van der Waals surface area contributed by atoms with Crippen LogP contribution in [0.3, 0.4) is 0 Å². The highest BCUT2D eigenvalue weighted by Gasteiger charge is 2.20. The van der Waals surface area contributed by atoms with Crippen LogP contribution in [0.1, 0.15) is 66.7 Å². The maximum Gasteiger partial charge on any atom is 0.338 e. The van der Waals surface area contributed by atoms with Gasteiger partial charge in [0, 0.05) is 6.04 Å². The van der Waals surface area contributed by atoms with Crippen molar-refractivity contribution in [2.75, 3.05) is 25.6 Å². The van der Waals surface area contributed by atoms with Gasteiger partial charge >= 0.3 is 5.97 Å². The second kappa shape index (κ2) is 12.8. The number of rotatable bonds is 11. The molecule has 0 radical (unpaired) electrons. The third-order valence-electron chi connectivity index (χ3n) is 5.82. The van der Waals surface area contributed by atoms with Gasteiger partial charge in [0.2, 0.25) is 0 Å². The molecule has 0 spiro atoms. The third-order valence-corrected chi connectivity index (χ3v) is 5.82. The molecule has 2 amide bonds. The van der Waals surface area contributed by atoms with Gasteiger partial charge in [-0.3, -0.25) is 9.59 Å². The lowest BCUT2D eigenvalue weighted by Crippen LogP contribution is -2.33. The molecule has 0 atom stereocenters. The number of hydrogen-bond donors (Lipinski definition) is 2. The van der Waals surface area contributed by atoms with Crippen molar-refractivity contribution in [3.63, 3.8) is 0 Å². The van der Waals surface area contributed by atoms with Gasteiger partial charge in [-0.15, -0.1) is 0 Å². The summed E-state index contributed by atoms with van der Waals surface area (Å²) < 4.78 is 16.2. The summed E-state index contributed by atoms with van der Waals surface area (Å²) in [6.45, 7) is 4.27. The monoisotopic (exact) mass is 482 g/mol. The number of ether oxygens (including phenoxy) is 3. The highest BCUT2D eigenvalue weighted by Crippen LogP contribution is 2.29. The first-order valence-corrected chi connectivity index (χ1v) is 12.0. The second-order valence-corrected chi connectivity index (χ2v) is 9.02. The summed E-state index contributed by atoms with van der Waals surface area (Å²) in [6.07, 6.45) is 5.04. The first-order valence-electron chi connectivity index (χ1n) is 12.0. The van der Waals surface area contributed by atoms with E-state index in [4.69, 9.17) is 14.2 Å². The Balaban J connectivity index is 1.55. The molecule has 188 valence electrons. The quantitative estimate of drug-likeness (QED) is 0.454. The van der Waals surface area contributed by atoms with Crippen molar-refractivity contribution in [1.82, 2.24) is 5.32 Å². The van der Waals surface area contributed by atoms with E-state index >= 15 is 0 Å². The van der Waals surface area contributed by atoms with Crippen LogP contribution >= 0.6 is 0 Å². The van der Waals surface area contributed by atoms with Gasteiger partial charge < -0.3 is 24.8 Å². The van der Waals surface area contributed by atoms with Crippen LogP contribution in [0.5, 0.6) is 11.5 Å². The number of benzene rings is 2. The molecule has 1 aliphatic rings. The number of hydrogen-bond acceptors (Lipinski definition) is 6. The van der Waals surface area contributed by atoms with Gasteiger partial charge in [-0.05, 0) is 55.5 Å². The lowest BCUT2D eigenvalue weighted by atomic mass is 10.1. The van der Waals surface area contributed by atoms with Gasteiger partial charge in [0.05, 0.1) is 30.5 Å². The van der Waals surface area contributed by atoms with Crippen molar-refractivity contribution >= 4 is 23.5 Å². The Kier molecular flexibility index (Phi) is 9.52. The average Bonchev–Trinajstić information content (AvgIpc) is 3.35. The van der Waals surface area contributed by atoms with E-state index in [2.05, 4.69) is 24.5 Å². The molecule has 0 saturated heterocycles. The van der Waals surface area contributed by atoms with Crippen LogP contribution in [0.4, 0.5) is 5.69 Å². The van der Waals surface area contributed by atoms with Crippen LogP contribution in [0.2, 0.25) is 0 Å². The zero-order valence-electron chi connectivity index (χ0n) is 20.6. The van der Waals surface area contributed by atoms with Crippen molar-refractivity contribution in [1.29, 1.82) is 0 Å². The highest BCUT2D eigenvalue weighted by atomic mass is 16.5. The number of anilines is 1. The molecule has 0 aromatic heterocycles. The molecule has 35 heavy (non-hydrogen) atoms. The molecule has 1 aliphatic carbocycles. The fourth-order valence-corrected chi connectivity index (χ4v) is 3.84. The Morgan fingerprint density at radius 3 is 2.49 bits per heavy atom. The molecule has 0 bridgehead atoms. The number of carbonyl (C=O) groups is 3. The molecular weight excluding hydrogens is 448 g/mol. The summed E-state index contributed by atoms with van der Waals surface area (Å²) in [5.74, 6) is 0.0203. The zero-order chi connectivity index (χ0) is 25.2. The third kappa shape index (κ3) is 7.73. The van der Waals surface area contributed by atoms with E-state index in [1.54, 1.807) is 36.4 Å². The van der Waals surface area contributed by atoms with Crippen molar-refractivity contribution < 1.29 is 28.6 Å². The first-order chi connectivity index (χ1) is 16.9. The molecule has 2 aromatic carbocycles. The summed E-state index contributed by atoms with van der Waals surface area (Å²) >= 11 is 0. The summed E-state index contributed by atoms with van der Waals surface area (Å²) in [6, 6.07) is 11.7. The largest absolute Gasteiger partial charge is 0.493 e. The Bertz CT molecular complexity index is 1030. The maximum absolute atomic E-state index is 12.7. The molecule has 1 saturated carbocycles. The summed E-state index contributed by atoms with van der Waals surface area (Å²) in [7, 11) is 1.49. The fraction of sp³-hybridized carbons (Fsp3) is 0.444. The number of esters is 1. The molecular formula is C27H34N2O6. The van der Waals surface area contributed by atoms with E-state index in [1.807, 2.05) is 0 Å². The smallest absolute Gasteiger partial charge is 0.338 e. The molecule has 0 aliphatic heterocycles. The molecule has 2 aromatic rings. The van der Waals surface area contributed by atoms with Crippen molar-refractivity contribution in [2.24, 2.45) is 5.92 Å². The normalized spacial score (nSPS) is 13.4. The van der Waals surface area contributed by atoms with Crippen LogP contribution in [-0.2, 0) is 9.53 Å². The average molecular weight is 483 g/mol. The van der Waals surface area contributed by atoms with E-state index < -0.39 is 18.5 Å². The number of methoxy groups -OCH3 is 1. The topological polar surface area (TPSA) is 103 Å². The number of carbonyl (C=O) groups excluding carboxylic acids is 3. The van der Waals surface area contributed by atoms with E-state index in [9.17, 15) is 14.4 Å². The number of amides is 2. The van der Waals surface area contributed by atoms with Gasteiger partial charge in [-0.25, -0.2) is 4.79 Å². The van der Waals surface area contributed by atoms with Crippen LogP contribution in [0.25, 0.3) is 0 Å². The second-order valence-electron chi connectivity index (χ2n) is 9.02. The van der Waals surface area contributed by atoms with Crippen molar-refractivity contribution in [2.45, 2.75) is 52.0 Å². The molecule has 2 N–H and O–H groups in total. The Morgan fingerprint density at radius 1 is 1.03 bits per heavy atom. The summed E-state index contributed by atoms with van der Waals surface area (Å²) in [5, 5.41) is 5.68. The molecule has 1 fully saturated rings. The summed E-state index contributed by atoms with van der Waals surface area (Å²) in [5.41, 5.74) is 0.979. The Hall–Kier alpha value is -3.55. The van der Waals surface area contributed by atoms with Gasteiger partial charge in [-0.2, -0.15) is 0 Å². The predicted molar refractivity (Wildman–Crippen MR) is 133 cm³/mol. The van der Waals surface area contributed by atoms with E-state index in [0.717, 1.165) is 32.1 Å².